The zero-order valence-electron chi connectivity index (χ0n) is 38.6. The second-order valence-electron chi connectivity index (χ2n) is 18.5. The highest BCUT2D eigenvalue weighted by Gasteiger charge is 2.43. The number of likely N-dealkylation sites (tertiary alicyclic amines) is 2. The number of H-pyrrole nitrogens is 2. The van der Waals surface area contributed by atoms with Crippen molar-refractivity contribution in [2.24, 2.45) is 11.8 Å². The monoisotopic (exact) mass is 918 g/mol. The molecule has 3 aliphatic heterocycles. The highest BCUT2D eigenvalue weighted by Crippen LogP contribution is 2.44. The molecule has 2 saturated heterocycles. The number of methoxy groups -OCH3 is 2. The minimum absolute atomic E-state index is 0.0298. The predicted molar refractivity (Wildman–Crippen MR) is 256 cm³/mol. The Morgan fingerprint density at radius 2 is 1.63 bits per heavy atom. The number of nitrogens with zero attached hydrogens (tertiary/aromatic N) is 5. The smallest absolute Gasteiger partial charge is 0.407 e. The number of likely N-dealkylation sites (N-methyl/N-ethyl adjacent to an activating group) is 1. The number of hydrogen-bond donors (Lipinski definition) is 4. The fourth-order valence-electron chi connectivity index (χ4n) is 10.4. The van der Waals surface area contributed by atoms with Crippen molar-refractivity contribution < 1.29 is 38.5 Å². The number of aromatic nitrogens is 4. The molecule has 0 radical (unpaired) electrons. The molecular formula is C52H54N8O8. The molecule has 2 fully saturated rings. The standard InChI is InChI=1S/C52H54N8O8/c1-28(2)44(57-51(63)67-5)49(61)59-19-9-12-41(59)47-53-38-17-14-32(23-40(38)55-47)31-13-16-35-34(21-31)27-68-43-24-36-33(22-37(35)43)15-18-39-45(36)56-48(54-39)42-20-29(26-66-4)25-60(42)50(62)46(58(3)52(64)65)30-10-7-6-8-11-30/h6-8,10-11,13-18,21-24,28-29,41-42,44,46H,9,12,19-20,25-27H2,1-5H3,(H,53,55)(H,54,56)(H,57,63)(H,64,65)/t29-,41-,42-,44-,46?/m0/s1. The number of alkyl carbamates (subject to hydrolysis) is 1. The maximum absolute atomic E-state index is 14.5. The van der Waals surface area contributed by atoms with Crippen LogP contribution < -0.4 is 10.1 Å². The SMILES string of the molecule is COC[C@H]1C[C@@H](c2nc3c(ccc4cc5c(cc43)OCc3cc(-c4ccc6nc([C@@H]7CCCN7C(=O)[C@@H](NC(=O)OC)C(C)C)[nH]c6c4)ccc3-5)[nH]2)N(C(=O)C(c2ccccc2)N(C)C(=O)O)C1. The van der Waals surface area contributed by atoms with Crippen molar-refractivity contribution >= 4 is 56.8 Å². The third kappa shape index (κ3) is 8.01. The Hall–Kier alpha value is -7.46. The van der Waals surface area contributed by atoms with Crippen LogP contribution in [-0.4, -0.2) is 111 Å². The van der Waals surface area contributed by atoms with E-state index in [4.69, 9.17) is 24.2 Å². The molecule has 5 atom stereocenters. The number of rotatable bonds is 11. The van der Waals surface area contributed by atoms with Gasteiger partial charge in [-0.3, -0.25) is 14.5 Å². The molecule has 7 aromatic rings. The van der Waals surface area contributed by atoms with E-state index >= 15 is 0 Å². The summed E-state index contributed by atoms with van der Waals surface area (Å²) in [7, 11) is 4.36. The zero-order valence-corrected chi connectivity index (χ0v) is 38.6. The van der Waals surface area contributed by atoms with Gasteiger partial charge < -0.3 is 44.4 Å². The van der Waals surface area contributed by atoms with Gasteiger partial charge in [0, 0.05) is 44.1 Å². The summed E-state index contributed by atoms with van der Waals surface area (Å²) in [6, 6.07) is 27.5. The van der Waals surface area contributed by atoms with Crippen LogP contribution in [0.2, 0.25) is 0 Å². The van der Waals surface area contributed by atoms with E-state index in [2.05, 4.69) is 63.8 Å². The highest BCUT2D eigenvalue weighted by molar-refractivity contribution is 6.07. The maximum atomic E-state index is 14.5. The molecule has 350 valence electrons. The van der Waals surface area contributed by atoms with Crippen LogP contribution in [0, 0.1) is 11.8 Å². The minimum Gasteiger partial charge on any atom is -0.488 e. The Labute approximate surface area is 392 Å². The molecule has 0 saturated carbocycles. The van der Waals surface area contributed by atoms with Crippen LogP contribution in [0.1, 0.15) is 74.0 Å². The number of ether oxygens (including phenoxy) is 3. The summed E-state index contributed by atoms with van der Waals surface area (Å²) in [6.07, 6.45) is 0.368. The van der Waals surface area contributed by atoms with Gasteiger partial charge in [0.2, 0.25) is 5.91 Å². The lowest BCUT2D eigenvalue weighted by atomic mass is 9.91. The van der Waals surface area contributed by atoms with Gasteiger partial charge in [-0.1, -0.05) is 68.4 Å². The van der Waals surface area contributed by atoms with Crippen molar-refractivity contribution in [3.05, 3.63) is 114 Å². The molecule has 0 aliphatic carbocycles. The lowest BCUT2D eigenvalue weighted by molar-refractivity contribution is -0.137. The average molecular weight is 919 g/mol. The first-order valence-electron chi connectivity index (χ1n) is 23.1. The Bertz CT molecular complexity index is 3090. The third-order valence-electron chi connectivity index (χ3n) is 13.9. The zero-order chi connectivity index (χ0) is 47.4. The molecule has 10 rings (SSSR count). The predicted octanol–water partition coefficient (Wildman–Crippen LogP) is 8.75. The molecule has 0 bridgehead atoms. The van der Waals surface area contributed by atoms with Crippen molar-refractivity contribution in [3.63, 3.8) is 0 Å². The van der Waals surface area contributed by atoms with E-state index in [9.17, 15) is 24.3 Å². The number of carbonyl (C=O) groups excluding carboxylic acids is 3. The van der Waals surface area contributed by atoms with Crippen LogP contribution in [-0.2, 0) is 25.7 Å². The van der Waals surface area contributed by atoms with Gasteiger partial charge >= 0.3 is 12.2 Å². The minimum atomic E-state index is -1.19. The number of amides is 4. The lowest BCUT2D eigenvalue weighted by Gasteiger charge is -2.32. The van der Waals surface area contributed by atoms with Crippen molar-refractivity contribution in [2.75, 3.05) is 41.0 Å². The van der Waals surface area contributed by atoms with Gasteiger partial charge in [-0.15, -0.1) is 0 Å². The average Bonchev–Trinajstić information content (AvgIpc) is 4.18. The molecule has 16 nitrogen and oxygen atoms in total. The molecule has 0 spiro atoms. The molecule has 16 heteroatoms. The first-order chi connectivity index (χ1) is 32.9. The number of fused-ring (bicyclic) bond motifs is 7. The van der Waals surface area contributed by atoms with E-state index in [0.717, 1.165) is 90.0 Å². The second-order valence-corrected chi connectivity index (χ2v) is 18.5. The Kier molecular flexibility index (Phi) is 11.7. The van der Waals surface area contributed by atoms with E-state index in [1.807, 2.05) is 36.9 Å². The van der Waals surface area contributed by atoms with Gasteiger partial charge in [0.05, 0.1) is 47.9 Å². The van der Waals surface area contributed by atoms with E-state index < -0.39 is 30.3 Å². The van der Waals surface area contributed by atoms with Crippen LogP contribution >= 0.6 is 0 Å². The van der Waals surface area contributed by atoms with E-state index in [0.29, 0.717) is 44.1 Å². The topological polar surface area (TPSA) is 195 Å². The van der Waals surface area contributed by atoms with E-state index in [1.165, 1.54) is 14.2 Å². The summed E-state index contributed by atoms with van der Waals surface area (Å²) in [4.78, 5) is 74.4. The highest BCUT2D eigenvalue weighted by atomic mass is 16.5. The number of carbonyl (C=O) groups is 4. The molecule has 4 amide bonds. The van der Waals surface area contributed by atoms with Gasteiger partial charge in [0.25, 0.3) is 5.91 Å². The maximum Gasteiger partial charge on any atom is 0.407 e. The van der Waals surface area contributed by atoms with Crippen molar-refractivity contribution in [3.8, 4) is 28.0 Å². The third-order valence-corrected chi connectivity index (χ3v) is 13.9. The first kappa shape index (κ1) is 44.4. The van der Waals surface area contributed by atoms with Crippen molar-refractivity contribution in [1.29, 1.82) is 0 Å². The van der Waals surface area contributed by atoms with Crippen LogP contribution in [0.3, 0.4) is 0 Å². The number of hydrogen-bond acceptors (Lipinski definition) is 9. The fraction of sp³-hybridized carbons (Fsp3) is 0.346. The molecule has 2 aromatic heterocycles. The van der Waals surface area contributed by atoms with Crippen molar-refractivity contribution in [1.82, 2.24) is 40.0 Å². The molecule has 3 aliphatic rings. The summed E-state index contributed by atoms with van der Waals surface area (Å²) in [5, 5.41) is 14.6. The molecule has 4 N–H and O–H groups in total. The lowest BCUT2D eigenvalue weighted by Crippen LogP contribution is -2.51. The normalized spacial score (nSPS) is 18.6. The fourth-order valence-corrected chi connectivity index (χ4v) is 10.4. The summed E-state index contributed by atoms with van der Waals surface area (Å²) >= 11 is 0. The number of aromatic amines is 2. The van der Waals surface area contributed by atoms with E-state index in [-0.39, 0.29) is 29.7 Å². The molecule has 1 unspecified atom stereocenters. The summed E-state index contributed by atoms with van der Waals surface area (Å²) in [5.74, 6) is 1.54. The Morgan fingerprint density at radius 3 is 2.40 bits per heavy atom. The summed E-state index contributed by atoms with van der Waals surface area (Å²) < 4.78 is 16.8. The van der Waals surface area contributed by atoms with Crippen LogP contribution in [0.4, 0.5) is 9.59 Å². The Balaban J connectivity index is 0.916. The van der Waals surface area contributed by atoms with Crippen LogP contribution in [0.15, 0.2) is 91.0 Å². The Morgan fingerprint density at radius 1 is 0.868 bits per heavy atom. The molecule has 5 heterocycles. The number of imidazole rings is 2. The van der Waals surface area contributed by atoms with Crippen LogP contribution in [0.5, 0.6) is 5.75 Å². The van der Waals surface area contributed by atoms with Crippen LogP contribution in [0.25, 0.3) is 55.1 Å². The van der Waals surface area contributed by atoms with Gasteiger partial charge in [-0.25, -0.2) is 19.6 Å². The van der Waals surface area contributed by atoms with Crippen molar-refractivity contribution in [2.45, 2.75) is 63.9 Å². The molecule has 68 heavy (non-hydrogen) atoms. The first-order valence-corrected chi connectivity index (χ1v) is 23.1. The molecule has 5 aromatic carbocycles. The molecular weight excluding hydrogens is 865 g/mol. The quantitative estimate of drug-likeness (QED) is 0.0974. The van der Waals surface area contributed by atoms with Gasteiger partial charge in [0.15, 0.2) is 0 Å². The largest absolute Gasteiger partial charge is 0.488 e. The van der Waals surface area contributed by atoms with Gasteiger partial charge in [-0.2, -0.15) is 0 Å². The van der Waals surface area contributed by atoms with Gasteiger partial charge in [-0.05, 0) is 94.8 Å². The number of benzene rings is 5. The number of nitrogens with one attached hydrogen (secondary N) is 3. The van der Waals surface area contributed by atoms with E-state index in [1.54, 1.807) is 36.3 Å². The number of carboxylic acid groups (broad SMARTS) is 1. The summed E-state index contributed by atoms with van der Waals surface area (Å²) in [6.45, 7) is 5.61. The second kappa shape index (κ2) is 18.0. The van der Waals surface area contributed by atoms with Gasteiger partial charge in [0.1, 0.15) is 36.1 Å². The summed E-state index contributed by atoms with van der Waals surface area (Å²) in [5.41, 5.74) is 9.02.